The molecule has 1 aliphatic rings. The summed E-state index contributed by atoms with van der Waals surface area (Å²) < 4.78 is 46.1. The Labute approximate surface area is 132 Å². The van der Waals surface area contributed by atoms with Gasteiger partial charge in [0.25, 0.3) is 0 Å². The minimum atomic E-state index is -4.35. The highest BCUT2D eigenvalue weighted by molar-refractivity contribution is 5.89. The Morgan fingerprint density at radius 1 is 1.43 bits per heavy atom. The molecule has 0 aromatic heterocycles. The van der Waals surface area contributed by atoms with Gasteiger partial charge in [0.2, 0.25) is 0 Å². The number of hydrogen-bond acceptors (Lipinski definition) is 3. The van der Waals surface area contributed by atoms with Gasteiger partial charge in [-0.05, 0) is 31.0 Å². The Kier molecular flexibility index (Phi) is 5.84. The maximum Gasteiger partial charge on any atom is 0.411 e. The summed E-state index contributed by atoms with van der Waals surface area (Å²) in [6.45, 7) is 1.02. The highest BCUT2D eigenvalue weighted by Gasteiger charge is 2.27. The zero-order valence-corrected chi connectivity index (χ0v) is 12.7. The summed E-state index contributed by atoms with van der Waals surface area (Å²) >= 11 is 0. The van der Waals surface area contributed by atoms with Crippen LogP contribution in [0.3, 0.4) is 0 Å². The number of anilines is 1. The summed E-state index contributed by atoms with van der Waals surface area (Å²) in [4.78, 5) is 11.9. The second-order valence-corrected chi connectivity index (χ2v) is 5.38. The SMILES string of the molecule is C[C@H]1OCC[C@H]1NC(=O)Nc1cccc(COCC(F)(F)F)c1. The van der Waals surface area contributed by atoms with Gasteiger partial charge in [-0.3, -0.25) is 0 Å². The molecule has 1 aliphatic heterocycles. The predicted molar refractivity (Wildman–Crippen MR) is 78.1 cm³/mol. The van der Waals surface area contributed by atoms with E-state index in [-0.39, 0.29) is 24.8 Å². The van der Waals surface area contributed by atoms with Crippen LogP contribution in [0.5, 0.6) is 0 Å². The van der Waals surface area contributed by atoms with E-state index in [2.05, 4.69) is 15.4 Å². The lowest BCUT2D eigenvalue weighted by Crippen LogP contribution is -2.41. The van der Waals surface area contributed by atoms with Crippen molar-refractivity contribution in [3.63, 3.8) is 0 Å². The molecule has 0 bridgehead atoms. The maximum absolute atomic E-state index is 12.0. The number of nitrogens with one attached hydrogen (secondary N) is 2. The fraction of sp³-hybridized carbons (Fsp3) is 0.533. The van der Waals surface area contributed by atoms with Crippen LogP contribution in [0.1, 0.15) is 18.9 Å². The zero-order chi connectivity index (χ0) is 16.9. The van der Waals surface area contributed by atoms with Crippen molar-refractivity contribution in [3.05, 3.63) is 29.8 Å². The van der Waals surface area contributed by atoms with E-state index in [0.29, 0.717) is 17.9 Å². The quantitative estimate of drug-likeness (QED) is 0.871. The number of amides is 2. The third-order valence-corrected chi connectivity index (χ3v) is 3.41. The van der Waals surface area contributed by atoms with Crippen molar-refractivity contribution >= 4 is 11.7 Å². The number of ether oxygens (including phenoxy) is 2. The van der Waals surface area contributed by atoms with Crippen LogP contribution in [0.15, 0.2) is 24.3 Å². The number of carbonyl (C=O) groups excluding carboxylic acids is 1. The Morgan fingerprint density at radius 2 is 2.22 bits per heavy atom. The lowest BCUT2D eigenvalue weighted by molar-refractivity contribution is -0.176. The van der Waals surface area contributed by atoms with Crippen LogP contribution in [-0.4, -0.2) is 37.6 Å². The number of urea groups is 1. The Balaban J connectivity index is 1.83. The number of benzene rings is 1. The summed E-state index contributed by atoms with van der Waals surface area (Å²) in [5.41, 5.74) is 1.03. The molecule has 23 heavy (non-hydrogen) atoms. The maximum atomic E-state index is 12.0. The minimum absolute atomic E-state index is 0.0390. The Hall–Kier alpha value is -1.80. The highest BCUT2D eigenvalue weighted by atomic mass is 19.4. The van der Waals surface area contributed by atoms with Gasteiger partial charge in [0.1, 0.15) is 6.61 Å². The van der Waals surface area contributed by atoms with E-state index in [9.17, 15) is 18.0 Å². The number of rotatable bonds is 5. The van der Waals surface area contributed by atoms with Crippen molar-refractivity contribution < 1.29 is 27.4 Å². The second-order valence-electron chi connectivity index (χ2n) is 5.38. The van der Waals surface area contributed by atoms with Crippen LogP contribution in [0.25, 0.3) is 0 Å². The molecule has 5 nitrogen and oxygen atoms in total. The van der Waals surface area contributed by atoms with Gasteiger partial charge < -0.3 is 20.1 Å². The smallest absolute Gasteiger partial charge is 0.376 e. The molecular formula is C15H19F3N2O3. The molecule has 128 valence electrons. The van der Waals surface area contributed by atoms with E-state index in [1.54, 1.807) is 24.3 Å². The molecule has 1 aromatic rings. The molecule has 0 aliphatic carbocycles. The van der Waals surface area contributed by atoms with Gasteiger partial charge in [0.05, 0.1) is 18.8 Å². The largest absolute Gasteiger partial charge is 0.411 e. The minimum Gasteiger partial charge on any atom is -0.376 e. The first kappa shape index (κ1) is 17.6. The monoisotopic (exact) mass is 332 g/mol. The van der Waals surface area contributed by atoms with E-state index < -0.39 is 12.8 Å². The third kappa shape index (κ3) is 6.07. The van der Waals surface area contributed by atoms with Gasteiger partial charge in [-0.15, -0.1) is 0 Å². The normalized spacial score (nSPS) is 21.2. The fourth-order valence-corrected chi connectivity index (χ4v) is 2.28. The van der Waals surface area contributed by atoms with Crippen LogP contribution in [0.4, 0.5) is 23.7 Å². The summed E-state index contributed by atoms with van der Waals surface area (Å²) in [5, 5.41) is 5.46. The van der Waals surface area contributed by atoms with E-state index in [4.69, 9.17) is 4.74 Å². The Morgan fingerprint density at radius 3 is 2.87 bits per heavy atom. The van der Waals surface area contributed by atoms with Crippen molar-refractivity contribution in [2.75, 3.05) is 18.5 Å². The highest BCUT2D eigenvalue weighted by Crippen LogP contribution is 2.17. The van der Waals surface area contributed by atoms with Crippen molar-refractivity contribution in [1.29, 1.82) is 0 Å². The number of carbonyl (C=O) groups is 1. The first-order chi connectivity index (χ1) is 10.8. The number of alkyl halides is 3. The summed E-state index contributed by atoms with van der Waals surface area (Å²) in [5.74, 6) is 0. The molecule has 1 saturated heterocycles. The lowest BCUT2D eigenvalue weighted by atomic mass is 10.1. The summed E-state index contributed by atoms with van der Waals surface area (Å²) in [7, 11) is 0. The van der Waals surface area contributed by atoms with Gasteiger partial charge in [0, 0.05) is 12.3 Å². The lowest BCUT2D eigenvalue weighted by Gasteiger charge is -2.16. The van der Waals surface area contributed by atoms with Crippen LogP contribution >= 0.6 is 0 Å². The zero-order valence-electron chi connectivity index (χ0n) is 12.7. The average molecular weight is 332 g/mol. The van der Waals surface area contributed by atoms with Crippen molar-refractivity contribution in [2.24, 2.45) is 0 Å². The standard InChI is InChI=1S/C15H19F3N2O3/c1-10-13(5-6-23-10)20-14(21)19-12-4-2-3-11(7-12)8-22-9-15(16,17)18/h2-4,7,10,13H,5-6,8-9H2,1H3,(H2,19,20,21)/t10-,13-/m1/s1. The molecule has 0 spiro atoms. The predicted octanol–water partition coefficient (Wildman–Crippen LogP) is 3.06. The van der Waals surface area contributed by atoms with Gasteiger partial charge in [0.15, 0.2) is 0 Å². The van der Waals surface area contributed by atoms with E-state index >= 15 is 0 Å². The summed E-state index contributed by atoms with van der Waals surface area (Å²) in [6.07, 6.45) is -3.64. The van der Waals surface area contributed by atoms with Gasteiger partial charge >= 0.3 is 12.2 Å². The number of halogens is 3. The topological polar surface area (TPSA) is 59.6 Å². The van der Waals surface area contributed by atoms with Crippen molar-refractivity contribution in [1.82, 2.24) is 5.32 Å². The van der Waals surface area contributed by atoms with E-state index in [1.165, 1.54) is 0 Å². The molecule has 0 saturated carbocycles. The molecule has 2 N–H and O–H groups in total. The fourth-order valence-electron chi connectivity index (χ4n) is 2.28. The third-order valence-electron chi connectivity index (χ3n) is 3.41. The molecular weight excluding hydrogens is 313 g/mol. The van der Waals surface area contributed by atoms with Gasteiger partial charge in [-0.2, -0.15) is 13.2 Å². The van der Waals surface area contributed by atoms with Crippen LogP contribution in [-0.2, 0) is 16.1 Å². The molecule has 0 radical (unpaired) electrons. The van der Waals surface area contributed by atoms with E-state index in [1.807, 2.05) is 6.92 Å². The summed E-state index contributed by atoms with van der Waals surface area (Å²) in [6, 6.07) is 6.08. The van der Waals surface area contributed by atoms with Gasteiger partial charge in [-0.25, -0.2) is 4.79 Å². The van der Waals surface area contributed by atoms with Gasteiger partial charge in [-0.1, -0.05) is 12.1 Å². The first-order valence-electron chi connectivity index (χ1n) is 7.26. The van der Waals surface area contributed by atoms with Crippen molar-refractivity contribution in [3.8, 4) is 0 Å². The second kappa shape index (κ2) is 7.65. The van der Waals surface area contributed by atoms with E-state index in [0.717, 1.165) is 6.42 Å². The molecule has 2 rings (SSSR count). The van der Waals surface area contributed by atoms with Crippen LogP contribution < -0.4 is 10.6 Å². The number of hydrogen-bond donors (Lipinski definition) is 2. The van der Waals surface area contributed by atoms with Crippen LogP contribution in [0.2, 0.25) is 0 Å². The first-order valence-corrected chi connectivity index (χ1v) is 7.26. The average Bonchev–Trinajstić information content (AvgIpc) is 2.83. The molecule has 2 amide bonds. The molecule has 1 fully saturated rings. The Bertz CT molecular complexity index is 537. The van der Waals surface area contributed by atoms with Crippen molar-refractivity contribution in [2.45, 2.75) is 38.3 Å². The molecule has 1 heterocycles. The molecule has 1 aromatic carbocycles. The van der Waals surface area contributed by atoms with Crippen LogP contribution in [0, 0.1) is 0 Å². The molecule has 2 atom stereocenters. The molecule has 0 unspecified atom stereocenters. The molecule has 8 heteroatoms.